The van der Waals surface area contributed by atoms with Gasteiger partial charge in [-0.3, -0.25) is 9.59 Å². The summed E-state index contributed by atoms with van der Waals surface area (Å²) in [6, 6.07) is 3.15. The number of carbonyl (C=O) groups is 2. The van der Waals surface area contributed by atoms with Gasteiger partial charge in [0, 0.05) is 25.6 Å². The summed E-state index contributed by atoms with van der Waals surface area (Å²) in [5.41, 5.74) is -7.86. The highest BCUT2D eigenvalue weighted by Gasteiger charge is 2.74. The van der Waals surface area contributed by atoms with Gasteiger partial charge in [0.25, 0.3) is 0 Å². The quantitative estimate of drug-likeness (QED) is 0.335. The number of piperidine rings is 1. The van der Waals surface area contributed by atoms with Gasteiger partial charge in [-0.1, -0.05) is 18.2 Å². The van der Waals surface area contributed by atoms with Crippen molar-refractivity contribution in [1.29, 1.82) is 0 Å². The van der Waals surface area contributed by atoms with E-state index in [4.69, 9.17) is 0 Å². The summed E-state index contributed by atoms with van der Waals surface area (Å²) in [7, 11) is -3.15. The molecule has 15 heteroatoms. The van der Waals surface area contributed by atoms with Crippen LogP contribution in [-0.4, -0.2) is 68.1 Å². The molecule has 2 aromatic rings. The molecule has 3 aliphatic rings. The first-order valence-electron chi connectivity index (χ1n) is 13.4. The summed E-state index contributed by atoms with van der Waals surface area (Å²) in [6.07, 6.45) is -12.5. The molecule has 0 radical (unpaired) electrons. The normalized spacial score (nSPS) is 25.0. The minimum atomic E-state index is -6.37. The Morgan fingerprint density at radius 2 is 1.56 bits per heavy atom. The van der Waals surface area contributed by atoms with Gasteiger partial charge in [-0.05, 0) is 67.5 Å². The van der Waals surface area contributed by atoms with Crippen LogP contribution in [-0.2, 0) is 36.3 Å². The summed E-state index contributed by atoms with van der Waals surface area (Å²) < 4.78 is 137. The van der Waals surface area contributed by atoms with E-state index in [0.717, 1.165) is 30.3 Å². The van der Waals surface area contributed by atoms with Gasteiger partial charge in [-0.2, -0.15) is 26.3 Å². The number of alkyl halides is 7. The number of sulfone groups is 1. The topological polar surface area (TPSA) is 74.8 Å². The third-order valence-corrected chi connectivity index (χ3v) is 11.5. The molecule has 2 fully saturated rings. The van der Waals surface area contributed by atoms with Gasteiger partial charge in [-0.15, -0.1) is 0 Å². The molecule has 3 atom stereocenters. The molecular weight excluding hydrogens is 612 g/mol. The summed E-state index contributed by atoms with van der Waals surface area (Å²) in [4.78, 5) is 28.3. The number of rotatable bonds is 4. The lowest BCUT2D eigenvalue weighted by molar-refractivity contribution is -0.348. The van der Waals surface area contributed by atoms with Gasteiger partial charge < -0.3 is 9.80 Å². The van der Waals surface area contributed by atoms with Crippen molar-refractivity contribution in [2.75, 3.05) is 13.6 Å². The van der Waals surface area contributed by atoms with Crippen LogP contribution < -0.4 is 0 Å². The highest BCUT2D eigenvalue weighted by atomic mass is 32.2. The lowest BCUT2D eigenvalue weighted by atomic mass is 9.76. The number of aryl methyl sites for hydroxylation is 1. The number of amides is 2. The molecule has 5 rings (SSSR count). The second-order valence-electron chi connectivity index (χ2n) is 11.1. The zero-order valence-corrected chi connectivity index (χ0v) is 23.4. The van der Waals surface area contributed by atoms with Gasteiger partial charge in [0.2, 0.25) is 11.8 Å². The number of halogens is 8. The molecule has 2 saturated heterocycles. The van der Waals surface area contributed by atoms with E-state index in [1.54, 1.807) is 0 Å². The fourth-order valence-corrected chi connectivity index (χ4v) is 9.16. The minimum absolute atomic E-state index is 0.151. The van der Waals surface area contributed by atoms with Gasteiger partial charge in [-0.25, -0.2) is 17.2 Å². The molecule has 0 saturated carbocycles. The van der Waals surface area contributed by atoms with E-state index in [-0.39, 0.29) is 60.2 Å². The Bertz CT molecular complexity index is 1540. The predicted molar refractivity (Wildman–Crippen MR) is 135 cm³/mol. The van der Waals surface area contributed by atoms with Crippen molar-refractivity contribution >= 4 is 21.7 Å². The van der Waals surface area contributed by atoms with Crippen molar-refractivity contribution in [3.63, 3.8) is 0 Å². The van der Waals surface area contributed by atoms with Crippen LogP contribution in [0.4, 0.5) is 35.1 Å². The Hall–Kier alpha value is -3.23. The second-order valence-corrected chi connectivity index (χ2v) is 13.3. The maximum absolute atomic E-state index is 15.0. The molecule has 2 amide bonds. The smallest absolute Gasteiger partial charge is 0.336 e. The van der Waals surface area contributed by atoms with Gasteiger partial charge in [0.15, 0.2) is 9.84 Å². The maximum atomic E-state index is 15.0. The molecule has 2 heterocycles. The van der Waals surface area contributed by atoms with E-state index in [0.29, 0.717) is 18.9 Å². The number of hydrogen-bond acceptors (Lipinski definition) is 4. The molecule has 0 spiro atoms. The summed E-state index contributed by atoms with van der Waals surface area (Å²) >= 11 is 0. The van der Waals surface area contributed by atoms with Crippen LogP contribution in [0.3, 0.4) is 0 Å². The first-order chi connectivity index (χ1) is 19.9. The predicted octanol–water partition coefficient (Wildman–Crippen LogP) is 5.34. The van der Waals surface area contributed by atoms with Crippen LogP contribution in [0.5, 0.6) is 0 Å². The Balaban J connectivity index is 1.68. The number of likely N-dealkylation sites (tertiary alicyclic amines) is 2. The maximum Gasteiger partial charge on any atom is 0.435 e. The number of carbonyl (C=O) groups excluding carboxylic acids is 2. The number of hydrogen-bond donors (Lipinski definition) is 0. The van der Waals surface area contributed by atoms with E-state index < -0.39 is 62.0 Å². The van der Waals surface area contributed by atoms with Crippen molar-refractivity contribution in [2.45, 2.75) is 78.3 Å². The summed E-state index contributed by atoms with van der Waals surface area (Å²) in [5.74, 6) is -1.57. The van der Waals surface area contributed by atoms with Crippen molar-refractivity contribution in [3.05, 3.63) is 65.0 Å². The van der Waals surface area contributed by atoms with Crippen LogP contribution in [0.25, 0.3) is 0 Å². The first kappa shape index (κ1) is 31.2. The molecule has 2 aliphatic heterocycles. The van der Waals surface area contributed by atoms with E-state index in [1.165, 1.54) is 16.8 Å². The highest BCUT2D eigenvalue weighted by Crippen LogP contribution is 2.56. The largest absolute Gasteiger partial charge is 0.435 e. The molecule has 2 aromatic carbocycles. The zero-order valence-electron chi connectivity index (χ0n) is 22.6. The fraction of sp³-hybridized carbons (Fsp3) is 0.500. The minimum Gasteiger partial charge on any atom is -0.336 e. The molecule has 0 N–H and O–H groups in total. The number of fused-ring (bicyclic) bond motifs is 3. The zero-order chi connectivity index (χ0) is 31.8. The van der Waals surface area contributed by atoms with Gasteiger partial charge >= 0.3 is 18.0 Å². The third kappa shape index (κ3) is 4.51. The second kappa shape index (κ2) is 10.2. The van der Waals surface area contributed by atoms with Crippen LogP contribution in [0.15, 0.2) is 47.4 Å². The molecular formula is C28H26F8N2O4S. The van der Waals surface area contributed by atoms with Crippen LogP contribution >= 0.6 is 0 Å². The Kier molecular flexibility index (Phi) is 7.37. The monoisotopic (exact) mass is 638 g/mol. The van der Waals surface area contributed by atoms with E-state index in [2.05, 4.69) is 0 Å². The average Bonchev–Trinajstić information content (AvgIpc) is 3.34. The van der Waals surface area contributed by atoms with Crippen molar-refractivity contribution in [1.82, 2.24) is 9.80 Å². The molecule has 234 valence electrons. The summed E-state index contributed by atoms with van der Waals surface area (Å²) in [6.45, 7) is -0.151. The number of likely N-dealkylation sites (N-methyl/N-ethyl adjacent to an activating group) is 1. The van der Waals surface area contributed by atoms with Crippen LogP contribution in [0.2, 0.25) is 0 Å². The molecule has 1 aliphatic carbocycles. The van der Waals surface area contributed by atoms with E-state index in [9.17, 15) is 53.1 Å². The fourth-order valence-electron chi connectivity index (χ4n) is 6.79. The van der Waals surface area contributed by atoms with Crippen LogP contribution in [0.1, 0.15) is 48.8 Å². The Labute approximate surface area is 241 Å². The number of nitrogens with zero attached hydrogens (tertiary/aromatic N) is 2. The average molecular weight is 639 g/mol. The van der Waals surface area contributed by atoms with Crippen LogP contribution in [0, 0.1) is 5.82 Å². The standard InChI is InChI=1S/C28H26F8N2O4S/c1-37-21(3-2-4-23(37)39)24(40)38-14-13-25(43(41,42)19-9-7-18(29)8-10-19)20-11-6-17(15-16(20)5-12-22(25)38)26(30,27(31,32)33)28(34,35)36/h6-11,15,21-22H,2-5,12-14H2,1H3/t21-,22+,25+/m0/s1. The van der Waals surface area contributed by atoms with E-state index in [1.807, 2.05) is 0 Å². The third-order valence-electron chi connectivity index (χ3n) is 8.97. The Morgan fingerprint density at radius 1 is 0.930 bits per heavy atom. The first-order valence-corrected chi connectivity index (χ1v) is 14.9. The molecule has 0 unspecified atom stereocenters. The van der Waals surface area contributed by atoms with Crippen molar-refractivity contribution in [3.8, 4) is 0 Å². The molecule has 0 bridgehead atoms. The Morgan fingerprint density at radius 3 is 2.16 bits per heavy atom. The highest BCUT2D eigenvalue weighted by molar-refractivity contribution is 7.92. The van der Waals surface area contributed by atoms with Gasteiger partial charge in [0.05, 0.1) is 10.9 Å². The SMILES string of the molecule is CN1C(=O)CCC[C@H]1C(=O)N1CC[C@@]2(S(=O)(=O)c3ccc(F)cc3)c3ccc(C(F)(C(F)(F)F)C(F)(F)F)cc3CC[C@@H]12. The van der Waals surface area contributed by atoms with Crippen molar-refractivity contribution < 1.29 is 53.1 Å². The lowest BCUT2D eigenvalue weighted by Crippen LogP contribution is -2.57. The van der Waals surface area contributed by atoms with Crippen molar-refractivity contribution in [2.24, 2.45) is 0 Å². The molecule has 0 aromatic heterocycles. The summed E-state index contributed by atoms with van der Waals surface area (Å²) in [5, 5.41) is 0. The van der Waals surface area contributed by atoms with Gasteiger partial charge in [0.1, 0.15) is 16.6 Å². The molecule has 43 heavy (non-hydrogen) atoms. The lowest BCUT2D eigenvalue weighted by Gasteiger charge is -2.44. The molecule has 6 nitrogen and oxygen atoms in total. The van der Waals surface area contributed by atoms with E-state index >= 15 is 0 Å². The number of benzene rings is 2.